The van der Waals surface area contributed by atoms with Gasteiger partial charge in [0.1, 0.15) is 11.5 Å². The molecule has 1 unspecified atom stereocenters. The first kappa shape index (κ1) is 21.6. The Morgan fingerprint density at radius 1 is 1.11 bits per heavy atom. The molecule has 0 fully saturated rings. The Labute approximate surface area is 168 Å². The first-order valence-electron chi connectivity index (χ1n) is 9.54. The summed E-state index contributed by atoms with van der Waals surface area (Å²) in [4.78, 5) is 6.53. The third-order valence-electron chi connectivity index (χ3n) is 4.51. The van der Waals surface area contributed by atoms with Crippen LogP contribution in [0, 0.1) is 0 Å². The van der Waals surface area contributed by atoms with Crippen LogP contribution < -0.4 is 20.1 Å². The number of methoxy groups -OCH3 is 1. The van der Waals surface area contributed by atoms with Crippen LogP contribution in [0.2, 0.25) is 0 Å². The van der Waals surface area contributed by atoms with Crippen LogP contribution in [0.4, 0.5) is 0 Å². The monoisotopic (exact) mass is 384 g/mol. The Balaban J connectivity index is 1.99. The number of nitrogens with one attached hydrogen (secondary N) is 2. The van der Waals surface area contributed by atoms with Crippen molar-refractivity contribution in [2.75, 3.05) is 41.4 Å². The van der Waals surface area contributed by atoms with Gasteiger partial charge in [0.25, 0.3) is 0 Å². The second-order valence-corrected chi connectivity index (χ2v) is 6.60. The highest BCUT2D eigenvalue weighted by Crippen LogP contribution is 2.22. The van der Waals surface area contributed by atoms with Crippen molar-refractivity contribution >= 4 is 5.96 Å². The van der Waals surface area contributed by atoms with Crippen LogP contribution in [-0.4, -0.2) is 52.3 Å². The van der Waals surface area contributed by atoms with Gasteiger partial charge in [-0.3, -0.25) is 4.99 Å². The highest BCUT2D eigenvalue weighted by Gasteiger charge is 2.15. The zero-order chi connectivity index (χ0) is 20.4. The van der Waals surface area contributed by atoms with Crippen molar-refractivity contribution in [3.8, 4) is 11.5 Å². The van der Waals surface area contributed by atoms with Crippen LogP contribution in [0.1, 0.15) is 24.1 Å². The SMILES string of the molecule is CCOc1ccccc1CNC(=NC)NCC(c1cccc(OC)c1)N(C)C. The smallest absolute Gasteiger partial charge is 0.191 e. The summed E-state index contributed by atoms with van der Waals surface area (Å²) >= 11 is 0. The highest BCUT2D eigenvalue weighted by atomic mass is 16.5. The molecule has 6 heteroatoms. The van der Waals surface area contributed by atoms with Gasteiger partial charge in [0.2, 0.25) is 0 Å². The lowest BCUT2D eigenvalue weighted by Gasteiger charge is -2.26. The molecule has 6 nitrogen and oxygen atoms in total. The van der Waals surface area contributed by atoms with Gasteiger partial charge in [-0.1, -0.05) is 30.3 Å². The van der Waals surface area contributed by atoms with Gasteiger partial charge in [-0.15, -0.1) is 0 Å². The maximum Gasteiger partial charge on any atom is 0.191 e. The summed E-state index contributed by atoms with van der Waals surface area (Å²) in [6, 6.07) is 16.4. The zero-order valence-corrected chi connectivity index (χ0v) is 17.5. The highest BCUT2D eigenvalue weighted by molar-refractivity contribution is 5.79. The summed E-state index contributed by atoms with van der Waals surface area (Å²) in [5, 5.41) is 6.79. The summed E-state index contributed by atoms with van der Waals surface area (Å²) in [7, 11) is 7.61. The van der Waals surface area contributed by atoms with E-state index in [1.54, 1.807) is 14.2 Å². The van der Waals surface area contributed by atoms with Crippen molar-refractivity contribution in [2.45, 2.75) is 19.5 Å². The van der Waals surface area contributed by atoms with E-state index in [-0.39, 0.29) is 6.04 Å². The summed E-state index contributed by atoms with van der Waals surface area (Å²) in [5.74, 6) is 2.51. The van der Waals surface area contributed by atoms with Gasteiger partial charge in [0.15, 0.2) is 5.96 Å². The summed E-state index contributed by atoms with van der Waals surface area (Å²) in [6.07, 6.45) is 0. The molecular formula is C22H32N4O2. The molecule has 2 N–H and O–H groups in total. The molecule has 0 aliphatic carbocycles. The number of hydrogen-bond donors (Lipinski definition) is 2. The Morgan fingerprint density at radius 3 is 2.57 bits per heavy atom. The fourth-order valence-corrected chi connectivity index (χ4v) is 2.99. The minimum atomic E-state index is 0.185. The van der Waals surface area contributed by atoms with Gasteiger partial charge in [0, 0.05) is 25.7 Å². The van der Waals surface area contributed by atoms with Gasteiger partial charge in [-0.2, -0.15) is 0 Å². The molecule has 2 aromatic rings. The van der Waals surface area contributed by atoms with Gasteiger partial charge >= 0.3 is 0 Å². The van der Waals surface area contributed by atoms with E-state index in [9.17, 15) is 0 Å². The molecule has 1 atom stereocenters. The van der Waals surface area contributed by atoms with E-state index < -0.39 is 0 Å². The first-order valence-corrected chi connectivity index (χ1v) is 9.54. The molecule has 0 bridgehead atoms. The van der Waals surface area contributed by atoms with Crippen LogP contribution >= 0.6 is 0 Å². The van der Waals surface area contributed by atoms with E-state index in [0.29, 0.717) is 19.7 Å². The van der Waals surface area contributed by atoms with E-state index in [0.717, 1.165) is 23.0 Å². The van der Waals surface area contributed by atoms with E-state index in [2.05, 4.69) is 52.8 Å². The lowest BCUT2D eigenvalue weighted by molar-refractivity contribution is 0.297. The van der Waals surface area contributed by atoms with Crippen molar-refractivity contribution < 1.29 is 9.47 Å². The summed E-state index contributed by atoms with van der Waals surface area (Å²) in [5.41, 5.74) is 2.29. The number of rotatable bonds is 9. The quantitative estimate of drug-likeness (QED) is 0.514. The number of guanidine groups is 1. The van der Waals surface area contributed by atoms with Crippen LogP contribution in [-0.2, 0) is 6.54 Å². The van der Waals surface area contributed by atoms with Crippen LogP contribution in [0.25, 0.3) is 0 Å². The molecule has 0 aliphatic rings. The Morgan fingerprint density at radius 2 is 1.89 bits per heavy atom. The van der Waals surface area contributed by atoms with E-state index >= 15 is 0 Å². The van der Waals surface area contributed by atoms with Crippen molar-refractivity contribution in [3.63, 3.8) is 0 Å². The van der Waals surface area contributed by atoms with Gasteiger partial charge in [0.05, 0.1) is 19.8 Å². The predicted molar refractivity (Wildman–Crippen MR) is 115 cm³/mol. The molecule has 0 spiro atoms. The second kappa shape index (κ2) is 11.2. The molecule has 0 aromatic heterocycles. The first-order chi connectivity index (χ1) is 13.6. The number of ether oxygens (including phenoxy) is 2. The number of aliphatic imine (C=N–C) groups is 1. The molecule has 0 saturated heterocycles. The molecule has 2 aromatic carbocycles. The number of likely N-dealkylation sites (N-methyl/N-ethyl adjacent to an activating group) is 1. The molecular weight excluding hydrogens is 352 g/mol. The average molecular weight is 385 g/mol. The molecule has 2 rings (SSSR count). The molecule has 0 heterocycles. The molecule has 152 valence electrons. The van der Waals surface area contributed by atoms with E-state index in [4.69, 9.17) is 9.47 Å². The number of para-hydroxylation sites is 1. The van der Waals surface area contributed by atoms with E-state index in [1.807, 2.05) is 37.3 Å². The minimum absolute atomic E-state index is 0.185. The Hall–Kier alpha value is -2.73. The third-order valence-corrected chi connectivity index (χ3v) is 4.51. The van der Waals surface area contributed by atoms with Crippen molar-refractivity contribution in [1.29, 1.82) is 0 Å². The maximum atomic E-state index is 5.69. The Kier molecular flexibility index (Phi) is 8.62. The van der Waals surface area contributed by atoms with Crippen LogP contribution in [0.15, 0.2) is 53.5 Å². The topological polar surface area (TPSA) is 58.1 Å². The average Bonchev–Trinajstić information content (AvgIpc) is 2.71. The molecule has 0 aliphatic heterocycles. The molecule has 0 amide bonds. The lowest BCUT2D eigenvalue weighted by atomic mass is 10.1. The standard InChI is InChI=1S/C22H32N4O2/c1-6-28-21-13-8-7-10-18(21)15-24-22(23-2)25-16-20(26(3)4)17-11-9-12-19(14-17)27-5/h7-14,20H,6,15-16H2,1-5H3,(H2,23,24,25). The Bertz CT molecular complexity index is 762. The second-order valence-electron chi connectivity index (χ2n) is 6.60. The normalized spacial score (nSPS) is 12.6. The fraction of sp³-hybridized carbons (Fsp3) is 0.409. The molecule has 0 radical (unpaired) electrons. The van der Waals surface area contributed by atoms with Crippen molar-refractivity contribution in [2.24, 2.45) is 4.99 Å². The van der Waals surface area contributed by atoms with Crippen molar-refractivity contribution in [3.05, 3.63) is 59.7 Å². The fourth-order valence-electron chi connectivity index (χ4n) is 2.99. The number of nitrogens with zero attached hydrogens (tertiary/aromatic N) is 2. The lowest BCUT2D eigenvalue weighted by Crippen LogP contribution is -2.41. The van der Waals surface area contributed by atoms with Gasteiger partial charge in [-0.05, 0) is 44.8 Å². The number of hydrogen-bond acceptors (Lipinski definition) is 4. The summed E-state index contributed by atoms with van der Waals surface area (Å²) < 4.78 is 11.1. The third kappa shape index (κ3) is 6.16. The summed E-state index contributed by atoms with van der Waals surface area (Å²) in [6.45, 7) is 3.99. The van der Waals surface area contributed by atoms with Gasteiger partial charge in [-0.25, -0.2) is 0 Å². The largest absolute Gasteiger partial charge is 0.497 e. The molecule has 28 heavy (non-hydrogen) atoms. The van der Waals surface area contributed by atoms with Crippen molar-refractivity contribution in [1.82, 2.24) is 15.5 Å². The number of benzene rings is 2. The maximum absolute atomic E-state index is 5.69. The van der Waals surface area contributed by atoms with E-state index in [1.165, 1.54) is 5.56 Å². The van der Waals surface area contributed by atoms with Crippen LogP contribution in [0.5, 0.6) is 11.5 Å². The van der Waals surface area contributed by atoms with Gasteiger partial charge < -0.3 is 25.0 Å². The predicted octanol–water partition coefficient (Wildman–Crippen LogP) is 3.06. The molecule has 0 saturated carbocycles. The van der Waals surface area contributed by atoms with Crippen LogP contribution in [0.3, 0.4) is 0 Å². The minimum Gasteiger partial charge on any atom is -0.497 e. The zero-order valence-electron chi connectivity index (χ0n) is 17.5.